The third-order valence-corrected chi connectivity index (χ3v) is 6.76. The molecule has 0 spiro atoms. The highest BCUT2D eigenvalue weighted by atomic mass is 16.4. The Balaban J connectivity index is 1.68. The molecule has 1 heterocycles. The number of nitrogens with one attached hydrogen (secondary N) is 2. The second kappa shape index (κ2) is 9.90. The van der Waals surface area contributed by atoms with Gasteiger partial charge in [-0.2, -0.15) is 0 Å². The summed E-state index contributed by atoms with van der Waals surface area (Å²) < 4.78 is 0. The zero-order chi connectivity index (χ0) is 21.6. The summed E-state index contributed by atoms with van der Waals surface area (Å²) in [6, 6.07) is 20.7. The lowest BCUT2D eigenvalue weighted by molar-refractivity contribution is -0.912. The van der Waals surface area contributed by atoms with Crippen LogP contribution in [0.25, 0.3) is 0 Å². The van der Waals surface area contributed by atoms with Crippen molar-refractivity contribution in [1.29, 1.82) is 0 Å². The van der Waals surface area contributed by atoms with E-state index >= 15 is 0 Å². The van der Waals surface area contributed by atoms with Gasteiger partial charge in [0.25, 0.3) is 0 Å². The number of amides is 1. The lowest BCUT2D eigenvalue weighted by Crippen LogP contribution is -3.15. The summed E-state index contributed by atoms with van der Waals surface area (Å²) in [6.45, 7) is 7.06. The van der Waals surface area contributed by atoms with E-state index in [1.165, 1.54) is 10.5 Å². The van der Waals surface area contributed by atoms with Gasteiger partial charge >= 0.3 is 5.97 Å². The molecule has 1 amide bonds. The Kier molecular flexibility index (Phi) is 7.27. The molecule has 3 N–H and O–H groups in total. The van der Waals surface area contributed by atoms with Crippen LogP contribution >= 0.6 is 0 Å². The van der Waals surface area contributed by atoms with Crippen LogP contribution in [-0.2, 0) is 21.4 Å². The minimum Gasteiger partial charge on any atom is -0.480 e. The Morgan fingerprint density at radius 1 is 1.13 bits per heavy atom. The second-order valence-electron chi connectivity index (χ2n) is 8.84. The van der Waals surface area contributed by atoms with Crippen molar-refractivity contribution in [3.63, 3.8) is 0 Å². The van der Waals surface area contributed by atoms with Crippen molar-refractivity contribution in [2.24, 2.45) is 11.8 Å². The molecule has 2 aromatic carbocycles. The topological polar surface area (TPSA) is 70.8 Å². The van der Waals surface area contributed by atoms with E-state index in [0.29, 0.717) is 12.3 Å². The van der Waals surface area contributed by atoms with Crippen LogP contribution in [0.3, 0.4) is 0 Å². The first-order valence-corrected chi connectivity index (χ1v) is 10.8. The number of aliphatic carboxylic acids is 1. The number of carbonyl (C=O) groups excluding carboxylic acids is 1. The molecule has 0 bridgehead atoms. The van der Waals surface area contributed by atoms with E-state index in [4.69, 9.17) is 5.11 Å². The summed E-state index contributed by atoms with van der Waals surface area (Å²) in [5, 5.41) is 11.5. The van der Waals surface area contributed by atoms with Crippen LogP contribution in [0, 0.1) is 11.8 Å². The van der Waals surface area contributed by atoms with Crippen molar-refractivity contribution < 1.29 is 19.6 Å². The van der Waals surface area contributed by atoms with E-state index in [9.17, 15) is 9.59 Å². The lowest BCUT2D eigenvalue weighted by atomic mass is 9.68. The zero-order valence-corrected chi connectivity index (χ0v) is 17.9. The normalized spacial score (nSPS) is 24.7. The maximum Gasteiger partial charge on any atom is 0.322 e. The predicted octanol–water partition coefficient (Wildman–Crippen LogP) is 1.93. The van der Waals surface area contributed by atoms with E-state index in [2.05, 4.69) is 49.5 Å². The van der Waals surface area contributed by atoms with Crippen LogP contribution < -0.4 is 10.2 Å². The molecular formula is C25H33N2O3+. The van der Waals surface area contributed by atoms with E-state index in [0.717, 1.165) is 31.6 Å². The molecule has 0 aromatic heterocycles. The Morgan fingerprint density at radius 3 is 2.37 bits per heavy atom. The predicted molar refractivity (Wildman–Crippen MR) is 117 cm³/mol. The van der Waals surface area contributed by atoms with Gasteiger partial charge in [0.2, 0.25) is 5.91 Å². The summed E-state index contributed by atoms with van der Waals surface area (Å²) in [6.07, 6.45) is 1.70. The van der Waals surface area contributed by atoms with Gasteiger partial charge in [-0.15, -0.1) is 0 Å². The van der Waals surface area contributed by atoms with E-state index in [-0.39, 0.29) is 23.8 Å². The van der Waals surface area contributed by atoms with Gasteiger partial charge in [-0.3, -0.25) is 9.59 Å². The molecule has 4 atom stereocenters. The number of rotatable bonds is 8. The number of hydrogen-bond acceptors (Lipinski definition) is 2. The van der Waals surface area contributed by atoms with Crippen molar-refractivity contribution in [3.05, 3.63) is 71.8 Å². The van der Waals surface area contributed by atoms with Crippen molar-refractivity contribution >= 4 is 11.9 Å². The number of likely N-dealkylation sites (tertiary alicyclic amines) is 1. The second-order valence-corrected chi connectivity index (χ2v) is 8.84. The first kappa shape index (κ1) is 22.0. The molecule has 1 aliphatic rings. The smallest absolute Gasteiger partial charge is 0.322 e. The van der Waals surface area contributed by atoms with Crippen LogP contribution in [0.5, 0.6) is 0 Å². The van der Waals surface area contributed by atoms with Gasteiger partial charge < -0.3 is 15.3 Å². The summed E-state index contributed by atoms with van der Waals surface area (Å²) in [7, 11) is 0. The molecule has 5 heteroatoms. The number of benzene rings is 2. The summed E-state index contributed by atoms with van der Waals surface area (Å²) in [4.78, 5) is 25.1. The lowest BCUT2D eigenvalue weighted by Gasteiger charge is -2.43. The molecule has 0 aliphatic carbocycles. The van der Waals surface area contributed by atoms with Gasteiger partial charge in [-0.1, -0.05) is 74.5 Å². The van der Waals surface area contributed by atoms with Crippen LogP contribution in [0.4, 0.5) is 0 Å². The SMILES string of the molecule is CC1C[NH+](C[C@H](Cc2ccccc2)C(=O)NCC(=O)O)CC[C@@]1(C)c1ccccc1. The zero-order valence-electron chi connectivity index (χ0n) is 17.9. The summed E-state index contributed by atoms with van der Waals surface area (Å²) in [5.74, 6) is -0.935. The maximum atomic E-state index is 12.8. The van der Waals surface area contributed by atoms with Crippen molar-refractivity contribution in [2.75, 3.05) is 26.2 Å². The Labute approximate surface area is 179 Å². The van der Waals surface area contributed by atoms with Crippen LogP contribution in [0.15, 0.2) is 60.7 Å². The summed E-state index contributed by atoms with van der Waals surface area (Å²) >= 11 is 0. The van der Waals surface area contributed by atoms with Crippen LogP contribution in [0.2, 0.25) is 0 Å². The standard InChI is InChI=1S/C25H32N2O3/c1-19-17-27(14-13-25(19,2)22-11-7-4-8-12-22)18-21(24(30)26-16-23(28)29)15-20-9-5-3-6-10-20/h3-12,19,21H,13-18H2,1-2H3,(H,26,30)(H,28,29)/p+1/t19?,21-,25+/m0/s1. The third-order valence-electron chi connectivity index (χ3n) is 6.76. The fourth-order valence-electron chi connectivity index (χ4n) is 4.69. The highest BCUT2D eigenvalue weighted by molar-refractivity contribution is 5.83. The molecule has 160 valence electrons. The van der Waals surface area contributed by atoms with Crippen LogP contribution in [0.1, 0.15) is 31.4 Å². The van der Waals surface area contributed by atoms with Crippen LogP contribution in [-0.4, -0.2) is 43.2 Å². The number of hydrogen-bond donors (Lipinski definition) is 3. The quantitative estimate of drug-likeness (QED) is 0.624. The van der Waals surface area contributed by atoms with Gasteiger partial charge in [-0.25, -0.2) is 0 Å². The fraction of sp³-hybridized carbons (Fsp3) is 0.440. The van der Waals surface area contributed by atoms with Gasteiger partial charge in [0.1, 0.15) is 6.54 Å². The van der Waals surface area contributed by atoms with Gasteiger partial charge in [0.15, 0.2) is 0 Å². The van der Waals surface area contributed by atoms with Gasteiger partial charge in [0.05, 0.1) is 25.6 Å². The molecular weight excluding hydrogens is 376 g/mol. The average molecular weight is 410 g/mol. The molecule has 5 nitrogen and oxygen atoms in total. The largest absolute Gasteiger partial charge is 0.480 e. The monoisotopic (exact) mass is 409 g/mol. The van der Waals surface area contributed by atoms with E-state index in [1.807, 2.05) is 30.3 Å². The number of carbonyl (C=O) groups is 2. The summed E-state index contributed by atoms with van der Waals surface area (Å²) in [5.41, 5.74) is 2.63. The minimum absolute atomic E-state index is 0.144. The molecule has 2 unspecified atom stereocenters. The Morgan fingerprint density at radius 2 is 1.77 bits per heavy atom. The molecule has 0 radical (unpaired) electrons. The number of carboxylic acid groups (broad SMARTS) is 1. The highest BCUT2D eigenvalue weighted by Crippen LogP contribution is 2.36. The molecule has 2 aromatic rings. The number of carboxylic acids is 1. The fourth-order valence-corrected chi connectivity index (χ4v) is 4.69. The third kappa shape index (κ3) is 5.48. The Hall–Kier alpha value is -2.66. The van der Waals surface area contributed by atoms with E-state index in [1.54, 1.807) is 0 Å². The molecule has 1 fully saturated rings. The first-order chi connectivity index (χ1) is 14.4. The molecule has 1 saturated heterocycles. The first-order valence-electron chi connectivity index (χ1n) is 10.8. The number of quaternary nitrogens is 1. The van der Waals surface area contributed by atoms with Gasteiger partial charge in [0, 0.05) is 17.8 Å². The van der Waals surface area contributed by atoms with Crippen molar-refractivity contribution in [3.8, 4) is 0 Å². The number of piperidine rings is 1. The minimum atomic E-state index is -1.01. The molecule has 30 heavy (non-hydrogen) atoms. The average Bonchev–Trinajstić information content (AvgIpc) is 2.75. The Bertz CT molecular complexity index is 840. The van der Waals surface area contributed by atoms with Crippen molar-refractivity contribution in [1.82, 2.24) is 5.32 Å². The molecule has 3 rings (SSSR count). The maximum absolute atomic E-state index is 12.8. The van der Waals surface area contributed by atoms with Gasteiger partial charge in [-0.05, 0) is 17.5 Å². The van der Waals surface area contributed by atoms with E-state index < -0.39 is 5.97 Å². The van der Waals surface area contributed by atoms with Crippen molar-refractivity contribution in [2.45, 2.75) is 32.1 Å². The molecule has 0 saturated carbocycles. The highest BCUT2D eigenvalue weighted by Gasteiger charge is 2.41. The molecule has 1 aliphatic heterocycles.